The number of hydrogen-bond donors (Lipinski definition) is 2. The smallest absolute Gasteiger partial charge is 0.146 e. The van der Waals surface area contributed by atoms with Crippen LogP contribution in [0.1, 0.15) is 25.3 Å². The number of anilines is 1. The second-order valence-electron chi connectivity index (χ2n) is 4.10. The number of benzene rings is 1. The van der Waals surface area contributed by atoms with Crippen LogP contribution in [0.5, 0.6) is 0 Å². The van der Waals surface area contributed by atoms with Gasteiger partial charge < -0.3 is 11.1 Å². The minimum absolute atomic E-state index is 0.0260. The standard InChI is InChI=1S/C11H15FN2/c1-11(5-2-6-14-11)8-3-4-9(12)10(13)7-8/h3-4,7,14H,2,5-6,13H2,1H3. The highest BCUT2D eigenvalue weighted by atomic mass is 19.1. The molecule has 0 spiro atoms. The van der Waals surface area contributed by atoms with Crippen molar-refractivity contribution in [1.29, 1.82) is 0 Å². The Morgan fingerprint density at radius 2 is 2.29 bits per heavy atom. The third kappa shape index (κ3) is 1.48. The minimum Gasteiger partial charge on any atom is -0.396 e. The molecule has 0 radical (unpaired) electrons. The zero-order valence-corrected chi connectivity index (χ0v) is 8.31. The second kappa shape index (κ2) is 3.24. The van der Waals surface area contributed by atoms with Gasteiger partial charge in [-0.3, -0.25) is 0 Å². The molecule has 0 saturated carbocycles. The zero-order chi connectivity index (χ0) is 10.2. The van der Waals surface area contributed by atoms with Crippen LogP contribution in [0.25, 0.3) is 0 Å². The van der Waals surface area contributed by atoms with Crippen LogP contribution in [0.4, 0.5) is 10.1 Å². The lowest BCUT2D eigenvalue weighted by molar-refractivity contribution is 0.434. The van der Waals surface area contributed by atoms with Gasteiger partial charge in [-0.2, -0.15) is 0 Å². The largest absolute Gasteiger partial charge is 0.396 e. The predicted octanol–water partition coefficient (Wildman–Crippen LogP) is 2.01. The second-order valence-corrected chi connectivity index (χ2v) is 4.10. The van der Waals surface area contributed by atoms with Crippen molar-refractivity contribution in [1.82, 2.24) is 5.32 Å². The van der Waals surface area contributed by atoms with Crippen LogP contribution in [0.15, 0.2) is 18.2 Å². The Morgan fingerprint density at radius 1 is 1.50 bits per heavy atom. The van der Waals surface area contributed by atoms with E-state index in [9.17, 15) is 4.39 Å². The van der Waals surface area contributed by atoms with Gasteiger partial charge in [-0.15, -0.1) is 0 Å². The molecule has 1 heterocycles. The molecule has 1 aliphatic heterocycles. The Balaban J connectivity index is 2.36. The van der Waals surface area contributed by atoms with Crippen molar-refractivity contribution in [3.63, 3.8) is 0 Å². The molecule has 2 rings (SSSR count). The van der Waals surface area contributed by atoms with Gasteiger partial charge in [0, 0.05) is 5.54 Å². The average molecular weight is 194 g/mol. The maximum absolute atomic E-state index is 13.0. The fraction of sp³-hybridized carbons (Fsp3) is 0.455. The number of nitrogen functional groups attached to an aromatic ring is 1. The Morgan fingerprint density at radius 3 is 2.86 bits per heavy atom. The highest BCUT2D eigenvalue weighted by molar-refractivity contribution is 5.44. The topological polar surface area (TPSA) is 38.0 Å². The van der Waals surface area contributed by atoms with Gasteiger partial charge in [-0.25, -0.2) is 4.39 Å². The Bertz CT molecular complexity index is 343. The molecule has 1 aromatic rings. The van der Waals surface area contributed by atoms with E-state index in [1.807, 2.05) is 6.07 Å². The maximum atomic E-state index is 13.0. The summed E-state index contributed by atoms with van der Waals surface area (Å²) in [6, 6.07) is 4.98. The first-order chi connectivity index (χ1) is 6.62. The van der Waals surface area contributed by atoms with E-state index in [-0.39, 0.29) is 17.0 Å². The van der Waals surface area contributed by atoms with Crippen molar-refractivity contribution >= 4 is 5.69 Å². The molecule has 14 heavy (non-hydrogen) atoms. The summed E-state index contributed by atoms with van der Waals surface area (Å²) in [5.74, 6) is -0.338. The molecule has 2 nitrogen and oxygen atoms in total. The minimum atomic E-state index is -0.338. The zero-order valence-electron chi connectivity index (χ0n) is 8.31. The predicted molar refractivity (Wildman–Crippen MR) is 55.4 cm³/mol. The van der Waals surface area contributed by atoms with Crippen LogP contribution in [0, 0.1) is 5.82 Å². The third-order valence-electron chi connectivity index (χ3n) is 3.00. The van der Waals surface area contributed by atoms with E-state index in [2.05, 4.69) is 12.2 Å². The van der Waals surface area contributed by atoms with Crippen LogP contribution in [0.3, 0.4) is 0 Å². The highest BCUT2D eigenvalue weighted by Gasteiger charge is 2.30. The molecular weight excluding hydrogens is 179 g/mol. The fourth-order valence-electron chi connectivity index (χ4n) is 2.03. The van der Waals surface area contributed by atoms with E-state index < -0.39 is 0 Å². The van der Waals surface area contributed by atoms with E-state index in [0.717, 1.165) is 24.9 Å². The first kappa shape index (κ1) is 9.46. The lowest BCUT2D eigenvalue weighted by Gasteiger charge is -2.25. The fourth-order valence-corrected chi connectivity index (χ4v) is 2.03. The molecule has 0 aromatic heterocycles. The van der Waals surface area contributed by atoms with E-state index in [1.165, 1.54) is 6.07 Å². The monoisotopic (exact) mass is 194 g/mol. The molecule has 0 amide bonds. The van der Waals surface area contributed by atoms with Gasteiger partial charge in [0.05, 0.1) is 5.69 Å². The molecule has 0 aliphatic carbocycles. The molecule has 1 atom stereocenters. The molecular formula is C11H15FN2. The normalized spacial score (nSPS) is 26.7. The van der Waals surface area contributed by atoms with Crippen molar-refractivity contribution in [2.75, 3.05) is 12.3 Å². The van der Waals surface area contributed by atoms with Crippen LogP contribution in [-0.2, 0) is 5.54 Å². The number of halogens is 1. The number of hydrogen-bond acceptors (Lipinski definition) is 2. The van der Waals surface area contributed by atoms with E-state index in [1.54, 1.807) is 6.07 Å². The highest BCUT2D eigenvalue weighted by Crippen LogP contribution is 2.31. The SMILES string of the molecule is CC1(c2ccc(F)c(N)c2)CCCN1. The number of rotatable bonds is 1. The van der Waals surface area contributed by atoms with E-state index in [0.29, 0.717) is 0 Å². The quantitative estimate of drug-likeness (QED) is 0.671. The van der Waals surface area contributed by atoms with Crippen LogP contribution in [0.2, 0.25) is 0 Å². The first-order valence-electron chi connectivity index (χ1n) is 4.92. The van der Waals surface area contributed by atoms with Crippen molar-refractivity contribution in [3.05, 3.63) is 29.6 Å². The van der Waals surface area contributed by atoms with Gasteiger partial charge in [-0.05, 0) is 44.0 Å². The molecule has 1 saturated heterocycles. The molecule has 1 aliphatic rings. The van der Waals surface area contributed by atoms with Gasteiger partial charge >= 0.3 is 0 Å². The van der Waals surface area contributed by atoms with Gasteiger partial charge in [-0.1, -0.05) is 6.07 Å². The van der Waals surface area contributed by atoms with Gasteiger partial charge in [0.15, 0.2) is 0 Å². The van der Waals surface area contributed by atoms with Crippen LogP contribution >= 0.6 is 0 Å². The van der Waals surface area contributed by atoms with Gasteiger partial charge in [0.2, 0.25) is 0 Å². The molecule has 76 valence electrons. The van der Waals surface area contributed by atoms with Crippen molar-refractivity contribution in [2.24, 2.45) is 0 Å². The lowest BCUT2D eigenvalue weighted by Crippen LogP contribution is -2.33. The van der Waals surface area contributed by atoms with Gasteiger partial charge in [0.25, 0.3) is 0 Å². The lowest BCUT2D eigenvalue weighted by atomic mass is 9.90. The first-order valence-corrected chi connectivity index (χ1v) is 4.92. The third-order valence-corrected chi connectivity index (χ3v) is 3.00. The van der Waals surface area contributed by atoms with Crippen LogP contribution in [-0.4, -0.2) is 6.54 Å². The Labute approximate surface area is 83.3 Å². The Kier molecular flexibility index (Phi) is 2.19. The summed E-state index contributed by atoms with van der Waals surface area (Å²) in [5, 5.41) is 3.42. The van der Waals surface area contributed by atoms with Crippen LogP contribution < -0.4 is 11.1 Å². The average Bonchev–Trinajstić information content (AvgIpc) is 2.58. The molecule has 3 heteroatoms. The number of nitrogens with one attached hydrogen (secondary N) is 1. The summed E-state index contributed by atoms with van der Waals surface area (Å²) in [6.07, 6.45) is 2.24. The molecule has 1 aromatic carbocycles. The van der Waals surface area contributed by atoms with Crippen molar-refractivity contribution in [3.8, 4) is 0 Å². The van der Waals surface area contributed by atoms with Crippen molar-refractivity contribution in [2.45, 2.75) is 25.3 Å². The summed E-state index contributed by atoms with van der Waals surface area (Å²) in [5.41, 5.74) is 6.83. The molecule has 1 unspecified atom stereocenters. The molecule has 1 fully saturated rings. The molecule has 0 bridgehead atoms. The number of nitrogens with two attached hydrogens (primary N) is 1. The summed E-state index contributed by atoms with van der Waals surface area (Å²) in [6.45, 7) is 3.15. The maximum Gasteiger partial charge on any atom is 0.146 e. The van der Waals surface area contributed by atoms with E-state index in [4.69, 9.17) is 5.73 Å². The summed E-state index contributed by atoms with van der Waals surface area (Å²) >= 11 is 0. The Hall–Kier alpha value is -1.09. The van der Waals surface area contributed by atoms with Gasteiger partial charge in [0.1, 0.15) is 5.82 Å². The van der Waals surface area contributed by atoms with E-state index >= 15 is 0 Å². The molecule has 3 N–H and O–H groups in total. The summed E-state index contributed by atoms with van der Waals surface area (Å²) in [7, 11) is 0. The summed E-state index contributed by atoms with van der Waals surface area (Å²) in [4.78, 5) is 0. The van der Waals surface area contributed by atoms with Crippen molar-refractivity contribution < 1.29 is 4.39 Å². The summed E-state index contributed by atoms with van der Waals surface area (Å²) < 4.78 is 13.0.